The minimum absolute atomic E-state index is 0.277. The van der Waals surface area contributed by atoms with Crippen molar-refractivity contribution in [3.63, 3.8) is 0 Å². The zero-order valence-electron chi connectivity index (χ0n) is 21.2. The smallest absolute Gasteiger partial charge is 0.311 e. The van der Waals surface area contributed by atoms with Gasteiger partial charge in [-0.05, 0) is 23.8 Å². The summed E-state index contributed by atoms with van der Waals surface area (Å²) < 4.78 is 21.9. The van der Waals surface area contributed by atoms with E-state index < -0.39 is 0 Å². The lowest BCUT2D eigenvalue weighted by Crippen LogP contribution is -2.45. The molecule has 192 valence electrons. The minimum Gasteiger partial charge on any atom is -0.493 e. The van der Waals surface area contributed by atoms with Crippen LogP contribution in [0.2, 0.25) is 5.02 Å². The zero-order chi connectivity index (χ0) is 25.7. The van der Waals surface area contributed by atoms with Crippen LogP contribution in [-0.2, 0) is 17.9 Å². The van der Waals surface area contributed by atoms with Gasteiger partial charge >= 0.3 is 5.97 Å². The molecule has 0 spiro atoms. The molecule has 1 aromatic heterocycles. The number of carbonyl (C=O) groups excluding carboxylic acids is 1. The second-order valence-corrected chi connectivity index (χ2v) is 9.04. The Labute approximate surface area is 216 Å². The van der Waals surface area contributed by atoms with Gasteiger partial charge in [0.15, 0.2) is 17.2 Å². The highest BCUT2D eigenvalue weighted by Crippen LogP contribution is 2.40. The van der Waals surface area contributed by atoms with Crippen molar-refractivity contribution < 1.29 is 23.7 Å². The van der Waals surface area contributed by atoms with Gasteiger partial charge in [0.05, 0.1) is 38.1 Å². The average Bonchev–Trinajstić information content (AvgIpc) is 2.91. The van der Waals surface area contributed by atoms with E-state index in [1.54, 1.807) is 28.3 Å². The summed E-state index contributed by atoms with van der Waals surface area (Å²) in [4.78, 5) is 20.9. The Morgan fingerprint density at radius 3 is 2.25 bits per heavy atom. The standard InChI is InChI=1S/C27H32ClN3O5/c1-5-24(32)36-23-15-29-21-8-6-18(14-20(21)25(23)28)16-30-10-12-31(13-11-30)17-19-7-9-22(33-2)27(35-4)26(19)34-3/h6-9,14-15H,5,10-13,16-17H2,1-4H3. The van der Waals surface area contributed by atoms with Gasteiger partial charge in [0.1, 0.15) is 0 Å². The molecular formula is C27H32ClN3O5. The lowest BCUT2D eigenvalue weighted by atomic mass is 10.1. The number of carbonyl (C=O) groups is 1. The summed E-state index contributed by atoms with van der Waals surface area (Å²) >= 11 is 6.55. The molecule has 2 heterocycles. The molecule has 1 aliphatic heterocycles. The summed E-state index contributed by atoms with van der Waals surface area (Å²) in [5.74, 6) is 1.95. The second kappa shape index (κ2) is 11.8. The van der Waals surface area contributed by atoms with Crippen molar-refractivity contribution in [3.05, 3.63) is 52.7 Å². The van der Waals surface area contributed by atoms with Crippen LogP contribution >= 0.6 is 11.6 Å². The van der Waals surface area contributed by atoms with Gasteiger partial charge in [-0.2, -0.15) is 0 Å². The zero-order valence-corrected chi connectivity index (χ0v) is 21.9. The number of esters is 1. The Bertz CT molecular complexity index is 1230. The van der Waals surface area contributed by atoms with Crippen molar-refractivity contribution in [2.24, 2.45) is 0 Å². The van der Waals surface area contributed by atoms with E-state index in [1.165, 1.54) is 6.20 Å². The summed E-state index contributed by atoms with van der Waals surface area (Å²) in [5.41, 5.74) is 2.98. The molecule has 0 N–H and O–H groups in total. The van der Waals surface area contributed by atoms with Crippen LogP contribution in [0.5, 0.6) is 23.0 Å². The number of hydrogen-bond acceptors (Lipinski definition) is 8. The van der Waals surface area contributed by atoms with Gasteiger partial charge in [-0.15, -0.1) is 0 Å². The Morgan fingerprint density at radius 1 is 0.917 bits per heavy atom. The quantitative estimate of drug-likeness (QED) is 0.386. The lowest BCUT2D eigenvalue weighted by molar-refractivity contribution is -0.134. The molecule has 0 radical (unpaired) electrons. The molecule has 8 nitrogen and oxygen atoms in total. The molecule has 3 aromatic rings. The predicted octanol–water partition coefficient (Wildman–Crippen LogP) is 4.55. The highest BCUT2D eigenvalue weighted by atomic mass is 35.5. The maximum absolute atomic E-state index is 11.7. The number of fused-ring (bicyclic) bond motifs is 1. The molecule has 0 bridgehead atoms. The molecule has 0 aliphatic carbocycles. The first kappa shape index (κ1) is 26.0. The molecular weight excluding hydrogens is 482 g/mol. The molecule has 0 atom stereocenters. The van der Waals surface area contributed by atoms with Crippen molar-refractivity contribution >= 4 is 28.5 Å². The van der Waals surface area contributed by atoms with E-state index in [1.807, 2.05) is 24.3 Å². The van der Waals surface area contributed by atoms with E-state index in [4.69, 9.17) is 30.5 Å². The number of rotatable bonds is 9. The summed E-state index contributed by atoms with van der Waals surface area (Å²) in [6, 6.07) is 10.0. The summed E-state index contributed by atoms with van der Waals surface area (Å²) in [6.45, 7) is 7.07. The number of aromatic nitrogens is 1. The number of methoxy groups -OCH3 is 3. The van der Waals surface area contributed by atoms with Crippen molar-refractivity contribution in [3.8, 4) is 23.0 Å². The van der Waals surface area contributed by atoms with E-state index in [0.717, 1.165) is 61.3 Å². The summed E-state index contributed by atoms with van der Waals surface area (Å²) in [7, 11) is 4.90. The van der Waals surface area contributed by atoms with Gasteiger partial charge < -0.3 is 18.9 Å². The molecule has 36 heavy (non-hydrogen) atoms. The maximum atomic E-state index is 11.7. The van der Waals surface area contributed by atoms with Crippen LogP contribution in [0.1, 0.15) is 24.5 Å². The molecule has 2 aromatic carbocycles. The van der Waals surface area contributed by atoms with Crippen LogP contribution in [0.4, 0.5) is 0 Å². The first-order chi connectivity index (χ1) is 17.5. The van der Waals surface area contributed by atoms with Crippen molar-refractivity contribution in [2.75, 3.05) is 47.5 Å². The first-order valence-corrected chi connectivity index (χ1v) is 12.4. The predicted molar refractivity (Wildman–Crippen MR) is 139 cm³/mol. The first-order valence-electron chi connectivity index (χ1n) is 12.0. The molecule has 1 aliphatic rings. The lowest BCUT2D eigenvalue weighted by Gasteiger charge is -2.35. The average molecular weight is 514 g/mol. The monoisotopic (exact) mass is 513 g/mol. The van der Waals surface area contributed by atoms with Crippen LogP contribution in [0.15, 0.2) is 36.5 Å². The molecule has 0 saturated carbocycles. The van der Waals surface area contributed by atoms with Crippen molar-refractivity contribution in [2.45, 2.75) is 26.4 Å². The number of hydrogen-bond donors (Lipinski definition) is 0. The SMILES string of the molecule is CCC(=O)Oc1cnc2ccc(CN3CCN(Cc4ccc(OC)c(OC)c4OC)CC3)cc2c1Cl. The van der Waals surface area contributed by atoms with Crippen molar-refractivity contribution in [1.82, 2.24) is 14.8 Å². The van der Waals surface area contributed by atoms with Gasteiger partial charge in [-0.1, -0.05) is 30.7 Å². The third-order valence-electron chi connectivity index (χ3n) is 6.40. The number of benzene rings is 2. The topological polar surface area (TPSA) is 73.4 Å². The number of ether oxygens (including phenoxy) is 4. The molecule has 0 amide bonds. The summed E-state index contributed by atoms with van der Waals surface area (Å²) in [6.07, 6.45) is 1.78. The fraction of sp³-hybridized carbons (Fsp3) is 0.407. The van der Waals surface area contributed by atoms with E-state index in [-0.39, 0.29) is 12.4 Å². The van der Waals surface area contributed by atoms with E-state index in [2.05, 4.69) is 20.9 Å². The number of halogens is 1. The molecule has 1 fully saturated rings. The largest absolute Gasteiger partial charge is 0.493 e. The van der Waals surface area contributed by atoms with E-state index >= 15 is 0 Å². The third kappa shape index (κ3) is 5.67. The van der Waals surface area contributed by atoms with Crippen LogP contribution in [0, 0.1) is 0 Å². The fourth-order valence-electron chi connectivity index (χ4n) is 4.45. The fourth-order valence-corrected chi connectivity index (χ4v) is 4.68. The highest BCUT2D eigenvalue weighted by molar-refractivity contribution is 6.36. The van der Waals surface area contributed by atoms with Gasteiger partial charge in [0.25, 0.3) is 0 Å². The number of pyridine rings is 1. The molecule has 1 saturated heterocycles. The van der Waals surface area contributed by atoms with Crippen LogP contribution < -0.4 is 18.9 Å². The van der Waals surface area contributed by atoms with Gasteiger partial charge in [0.2, 0.25) is 5.75 Å². The second-order valence-electron chi connectivity index (χ2n) is 8.66. The van der Waals surface area contributed by atoms with E-state index in [0.29, 0.717) is 28.0 Å². The number of nitrogens with zero attached hydrogens (tertiary/aromatic N) is 3. The van der Waals surface area contributed by atoms with Gasteiger partial charge in [-0.3, -0.25) is 19.6 Å². The van der Waals surface area contributed by atoms with Crippen LogP contribution in [0.25, 0.3) is 10.9 Å². The van der Waals surface area contributed by atoms with Gasteiger partial charge in [-0.25, -0.2) is 0 Å². The summed E-state index contributed by atoms with van der Waals surface area (Å²) in [5, 5.41) is 1.20. The third-order valence-corrected chi connectivity index (χ3v) is 6.79. The molecule has 0 unspecified atom stereocenters. The Kier molecular flexibility index (Phi) is 8.51. The minimum atomic E-state index is -0.335. The Balaban J connectivity index is 1.40. The normalized spacial score (nSPS) is 14.6. The van der Waals surface area contributed by atoms with Crippen LogP contribution in [-0.4, -0.2) is 68.3 Å². The van der Waals surface area contributed by atoms with E-state index in [9.17, 15) is 4.79 Å². The van der Waals surface area contributed by atoms with Crippen molar-refractivity contribution in [1.29, 1.82) is 0 Å². The highest BCUT2D eigenvalue weighted by Gasteiger charge is 2.22. The van der Waals surface area contributed by atoms with Crippen LogP contribution in [0.3, 0.4) is 0 Å². The van der Waals surface area contributed by atoms with Gasteiger partial charge in [0, 0.05) is 56.6 Å². The molecule has 4 rings (SSSR count). The Hall–Kier alpha value is -3.07. The Morgan fingerprint density at radius 2 is 1.61 bits per heavy atom. The number of piperazine rings is 1. The maximum Gasteiger partial charge on any atom is 0.311 e. The molecule has 9 heteroatoms.